The number of esters is 1. The van der Waals surface area contributed by atoms with Gasteiger partial charge in [0.1, 0.15) is 24.4 Å². The zero-order valence-electron chi connectivity index (χ0n) is 50.6. The minimum absolute atomic E-state index is 0.101. The molecule has 11 heteroatoms. The molecule has 0 radical (unpaired) electrons. The number of hydrogen-bond acceptors (Lipinski definition) is 10. The number of ether oxygens (including phenoxy) is 3. The monoisotopic (exact) mass is 1130 g/mol. The molecule has 8 unspecified atom stereocenters. The van der Waals surface area contributed by atoms with E-state index >= 15 is 0 Å². The Morgan fingerprint density at radius 3 is 1.48 bits per heavy atom. The van der Waals surface area contributed by atoms with Gasteiger partial charge in [0.05, 0.1) is 25.4 Å². The van der Waals surface area contributed by atoms with Crippen LogP contribution in [-0.4, -0.2) is 99.6 Å². The number of carbonyl (C=O) groups excluding carboxylic acids is 2. The van der Waals surface area contributed by atoms with Crippen LogP contribution < -0.4 is 5.32 Å². The summed E-state index contributed by atoms with van der Waals surface area (Å²) in [5.41, 5.74) is 0. The Labute approximate surface area is 492 Å². The smallest absolute Gasteiger partial charge is 0.306 e. The van der Waals surface area contributed by atoms with Crippen LogP contribution in [0.5, 0.6) is 0 Å². The summed E-state index contributed by atoms with van der Waals surface area (Å²) in [6.07, 6.45) is 70.3. The Balaban J connectivity index is 2.65. The van der Waals surface area contributed by atoms with Crippen molar-refractivity contribution in [3.63, 3.8) is 0 Å². The number of aliphatic hydroxyl groups is 5. The summed E-state index contributed by atoms with van der Waals surface area (Å²) >= 11 is 0. The summed E-state index contributed by atoms with van der Waals surface area (Å²) in [6, 6.07) is -1.06. The molecule has 0 spiro atoms. The average Bonchev–Trinajstić information content (AvgIpc) is 3.50. The van der Waals surface area contributed by atoms with E-state index in [0.717, 1.165) is 109 Å². The van der Waals surface area contributed by atoms with Crippen molar-refractivity contribution < 1.29 is 49.3 Å². The van der Waals surface area contributed by atoms with Crippen LogP contribution in [0.15, 0.2) is 146 Å². The van der Waals surface area contributed by atoms with Gasteiger partial charge in [-0.15, -0.1) is 0 Å². The average molecular weight is 1130 g/mol. The Bertz CT molecular complexity index is 1870. The second-order valence-corrected chi connectivity index (χ2v) is 21.2. The molecule has 81 heavy (non-hydrogen) atoms. The summed E-state index contributed by atoms with van der Waals surface area (Å²) < 4.78 is 17.6. The van der Waals surface area contributed by atoms with Gasteiger partial charge in [-0.25, -0.2) is 0 Å². The molecule has 0 aromatic heterocycles. The van der Waals surface area contributed by atoms with E-state index < -0.39 is 67.4 Å². The van der Waals surface area contributed by atoms with E-state index in [1.807, 2.05) is 72.9 Å². The highest BCUT2D eigenvalue weighted by atomic mass is 16.7. The highest BCUT2D eigenvalue weighted by Crippen LogP contribution is 2.26. The molecular weight excluding hydrogens is 1010 g/mol. The lowest BCUT2D eigenvalue weighted by molar-refractivity contribution is -0.305. The minimum Gasteiger partial charge on any atom is -0.454 e. The van der Waals surface area contributed by atoms with Crippen molar-refractivity contribution in [3.05, 3.63) is 146 Å². The predicted octanol–water partition coefficient (Wildman–Crippen LogP) is 15.4. The molecule has 1 rings (SSSR count). The van der Waals surface area contributed by atoms with Gasteiger partial charge in [-0.3, -0.25) is 9.59 Å². The SMILES string of the molecule is CC\C=C/C=C/C=C/C=C\C=C\C=C\CCCCC(O)C(=O)NC(COC1OC(CO)C(O)C(O)C1OC(=O)CCCCCCCCCCC/C=C\C/C=C\C/C=C\C/C=C\C/C=C\CC)C(O)/C=C/CCCCCCCCCCC. The molecular formula is C70H113NO10. The first-order valence-electron chi connectivity index (χ1n) is 31.7. The molecule has 1 amide bonds. The summed E-state index contributed by atoms with van der Waals surface area (Å²) in [5.74, 6) is -1.26. The molecule has 0 aromatic rings. The molecule has 1 heterocycles. The van der Waals surface area contributed by atoms with Crippen LogP contribution in [0.25, 0.3) is 0 Å². The number of allylic oxidation sites excluding steroid dienone is 23. The van der Waals surface area contributed by atoms with Crippen LogP contribution in [-0.2, 0) is 23.8 Å². The summed E-state index contributed by atoms with van der Waals surface area (Å²) in [7, 11) is 0. The molecule has 0 aliphatic carbocycles. The number of aliphatic hydroxyl groups excluding tert-OH is 5. The van der Waals surface area contributed by atoms with Gasteiger partial charge in [0, 0.05) is 6.42 Å². The molecule has 1 fully saturated rings. The zero-order valence-corrected chi connectivity index (χ0v) is 50.6. The lowest BCUT2D eigenvalue weighted by Gasteiger charge is -2.41. The fraction of sp³-hybridized carbons (Fsp3) is 0.629. The summed E-state index contributed by atoms with van der Waals surface area (Å²) in [5, 5.41) is 56.9. The second kappa shape index (κ2) is 56.0. The first-order valence-corrected chi connectivity index (χ1v) is 31.7. The third-order valence-electron chi connectivity index (χ3n) is 13.9. The maximum Gasteiger partial charge on any atom is 0.306 e. The van der Waals surface area contributed by atoms with Crippen LogP contribution in [0.3, 0.4) is 0 Å². The number of unbranched alkanes of at least 4 members (excludes halogenated alkanes) is 20. The first-order chi connectivity index (χ1) is 39.7. The second-order valence-electron chi connectivity index (χ2n) is 21.2. The molecule has 0 saturated carbocycles. The van der Waals surface area contributed by atoms with Gasteiger partial charge in [0.2, 0.25) is 5.91 Å². The van der Waals surface area contributed by atoms with Gasteiger partial charge >= 0.3 is 5.97 Å². The van der Waals surface area contributed by atoms with Crippen molar-refractivity contribution in [1.82, 2.24) is 5.32 Å². The van der Waals surface area contributed by atoms with E-state index in [2.05, 4.69) is 92.9 Å². The largest absolute Gasteiger partial charge is 0.454 e. The van der Waals surface area contributed by atoms with Gasteiger partial charge in [0.25, 0.3) is 0 Å². The van der Waals surface area contributed by atoms with E-state index in [1.165, 1.54) is 64.2 Å². The van der Waals surface area contributed by atoms with Crippen LogP contribution in [0, 0.1) is 0 Å². The third-order valence-corrected chi connectivity index (χ3v) is 13.9. The zero-order chi connectivity index (χ0) is 58.9. The highest BCUT2D eigenvalue weighted by Gasteiger charge is 2.47. The third kappa shape index (κ3) is 43.8. The van der Waals surface area contributed by atoms with E-state index in [1.54, 1.807) is 6.08 Å². The molecule has 1 saturated heterocycles. The predicted molar refractivity (Wildman–Crippen MR) is 337 cm³/mol. The Morgan fingerprint density at radius 1 is 0.506 bits per heavy atom. The molecule has 458 valence electrons. The maximum absolute atomic E-state index is 13.4. The van der Waals surface area contributed by atoms with Crippen LogP contribution >= 0.6 is 0 Å². The lowest BCUT2D eigenvalue weighted by Crippen LogP contribution is -2.61. The molecule has 6 N–H and O–H groups in total. The highest BCUT2D eigenvalue weighted by molar-refractivity contribution is 5.80. The quantitative estimate of drug-likeness (QED) is 0.0149. The normalized spacial score (nSPS) is 19.7. The molecule has 11 nitrogen and oxygen atoms in total. The van der Waals surface area contributed by atoms with Crippen LogP contribution in [0.1, 0.15) is 220 Å². The van der Waals surface area contributed by atoms with E-state index in [9.17, 15) is 35.1 Å². The fourth-order valence-corrected chi connectivity index (χ4v) is 8.94. The van der Waals surface area contributed by atoms with Crippen molar-refractivity contribution in [2.45, 2.75) is 269 Å². The van der Waals surface area contributed by atoms with Crippen molar-refractivity contribution in [2.24, 2.45) is 0 Å². The standard InChI is InChI=1S/C70H113NO10/c1-4-7-10-13-16-19-22-24-26-28-29-30-31-32-33-34-35-36-38-40-43-46-49-52-55-58-65(75)81-68-67(77)66(76)64(59-72)80-70(68)79-60-61(62(73)56-53-50-47-44-41-21-18-15-12-9-6-3)71-69(78)63(74)57-54-51-48-45-42-39-37-27-25-23-20-17-14-11-8-5-2/h7-8,10-11,14,16-17,19-20,23-27,29-30,32-33,37,39,42,45,53,56,61-64,66-68,70,72-74,76-77H,4-6,9,12-13,15,18,21-22,28,31,34-36,38,40-41,43-44,46-52,54-55,57-60H2,1-3H3,(H,71,78)/b10-7-,11-8-,17-14+,19-16-,23-20+,26-24-,27-25-,30-29-,33-32-,39-37+,45-42+,56-53+. The molecule has 0 aromatic carbocycles. The van der Waals surface area contributed by atoms with Crippen molar-refractivity contribution in [1.29, 1.82) is 0 Å². The number of carbonyl (C=O) groups is 2. The summed E-state index contributed by atoms with van der Waals surface area (Å²) in [6.45, 7) is 5.47. The van der Waals surface area contributed by atoms with Crippen LogP contribution in [0.2, 0.25) is 0 Å². The Morgan fingerprint density at radius 2 is 0.951 bits per heavy atom. The maximum atomic E-state index is 13.4. The van der Waals surface area contributed by atoms with Gasteiger partial charge in [-0.1, -0.05) is 269 Å². The Hall–Kier alpha value is -4.46. The van der Waals surface area contributed by atoms with Crippen molar-refractivity contribution >= 4 is 11.9 Å². The lowest BCUT2D eigenvalue weighted by atomic mass is 9.99. The van der Waals surface area contributed by atoms with E-state index in [4.69, 9.17) is 14.2 Å². The van der Waals surface area contributed by atoms with Crippen molar-refractivity contribution in [2.75, 3.05) is 13.2 Å². The fourth-order valence-electron chi connectivity index (χ4n) is 8.94. The Kier molecular flexibility index (Phi) is 51.6. The number of rotatable bonds is 51. The minimum atomic E-state index is -1.64. The molecule has 8 atom stereocenters. The number of amides is 1. The van der Waals surface area contributed by atoms with Crippen molar-refractivity contribution in [3.8, 4) is 0 Å². The van der Waals surface area contributed by atoms with Gasteiger partial charge < -0.3 is 45.1 Å². The number of nitrogens with one attached hydrogen (secondary N) is 1. The first kappa shape index (κ1) is 74.6. The van der Waals surface area contributed by atoms with E-state index in [-0.39, 0.29) is 19.4 Å². The van der Waals surface area contributed by atoms with Gasteiger partial charge in [0.15, 0.2) is 12.4 Å². The topological polar surface area (TPSA) is 175 Å². The van der Waals surface area contributed by atoms with Gasteiger partial charge in [-0.05, 0) is 89.9 Å². The molecule has 0 bridgehead atoms. The molecule has 1 aliphatic heterocycles. The van der Waals surface area contributed by atoms with E-state index in [0.29, 0.717) is 12.8 Å². The van der Waals surface area contributed by atoms with Crippen LogP contribution in [0.4, 0.5) is 0 Å². The molecule has 1 aliphatic rings. The summed E-state index contributed by atoms with van der Waals surface area (Å²) in [4.78, 5) is 26.6. The number of hydrogen-bond donors (Lipinski definition) is 6. The van der Waals surface area contributed by atoms with Gasteiger partial charge in [-0.2, -0.15) is 0 Å².